The Hall–Kier alpha value is -1.06. The number of ether oxygens (including phenoxy) is 1. The number of fused-ring (bicyclic) bond motifs is 1. The molecule has 3 nitrogen and oxygen atoms in total. The molecule has 1 aliphatic heterocycles. The first-order valence-electron chi connectivity index (χ1n) is 8.54. The summed E-state index contributed by atoms with van der Waals surface area (Å²) in [5.74, 6) is 1.62. The summed E-state index contributed by atoms with van der Waals surface area (Å²) in [4.78, 5) is 2.70. The van der Waals surface area contributed by atoms with Crippen LogP contribution in [0, 0.1) is 0 Å². The molecular weight excluding hydrogens is 260 g/mol. The van der Waals surface area contributed by atoms with Crippen molar-refractivity contribution in [3.63, 3.8) is 0 Å². The Morgan fingerprint density at radius 2 is 1.95 bits per heavy atom. The molecule has 3 rings (SSSR count). The van der Waals surface area contributed by atoms with Crippen molar-refractivity contribution in [2.24, 2.45) is 5.73 Å². The number of rotatable bonds is 6. The Bertz CT molecular complexity index is 443. The normalized spacial score (nSPS) is 22.3. The molecule has 0 spiro atoms. The van der Waals surface area contributed by atoms with Crippen LogP contribution in [0.15, 0.2) is 24.3 Å². The van der Waals surface area contributed by atoms with Gasteiger partial charge in [0.1, 0.15) is 5.75 Å². The van der Waals surface area contributed by atoms with E-state index in [1.54, 1.807) is 0 Å². The fourth-order valence-corrected chi connectivity index (χ4v) is 3.83. The first-order chi connectivity index (χ1) is 10.4. The fourth-order valence-electron chi connectivity index (χ4n) is 3.83. The van der Waals surface area contributed by atoms with Gasteiger partial charge in [-0.2, -0.15) is 0 Å². The molecule has 2 aliphatic rings. The highest BCUT2D eigenvalue weighted by molar-refractivity contribution is 5.39. The standard InChI is InChI=1S/C18H28N2O/c19-11-6-12-20(16-7-2-1-3-8-16)13-15-14-21-18-10-5-4-9-17(15)18/h4-5,9-10,15-16H,1-3,6-8,11-14,19H2. The van der Waals surface area contributed by atoms with Gasteiger partial charge in [0.2, 0.25) is 0 Å². The Labute approximate surface area is 128 Å². The van der Waals surface area contributed by atoms with E-state index in [0.29, 0.717) is 5.92 Å². The zero-order valence-electron chi connectivity index (χ0n) is 13.0. The van der Waals surface area contributed by atoms with Crippen LogP contribution in [0.5, 0.6) is 5.75 Å². The lowest BCUT2D eigenvalue weighted by Crippen LogP contribution is -2.41. The van der Waals surface area contributed by atoms with E-state index in [4.69, 9.17) is 10.5 Å². The van der Waals surface area contributed by atoms with Gasteiger partial charge in [-0.1, -0.05) is 37.5 Å². The van der Waals surface area contributed by atoms with E-state index < -0.39 is 0 Å². The molecule has 1 unspecified atom stereocenters. The molecule has 1 aromatic carbocycles. The number of nitrogens with zero attached hydrogens (tertiary/aromatic N) is 1. The van der Waals surface area contributed by atoms with Crippen molar-refractivity contribution in [1.29, 1.82) is 0 Å². The summed E-state index contributed by atoms with van der Waals surface area (Å²) in [5, 5.41) is 0. The van der Waals surface area contributed by atoms with Gasteiger partial charge in [-0.15, -0.1) is 0 Å². The van der Waals surface area contributed by atoms with Gasteiger partial charge in [-0.25, -0.2) is 0 Å². The second kappa shape index (κ2) is 7.28. The van der Waals surface area contributed by atoms with Gasteiger partial charge < -0.3 is 10.5 Å². The zero-order valence-corrected chi connectivity index (χ0v) is 13.0. The molecule has 0 radical (unpaired) electrons. The molecule has 0 bridgehead atoms. The van der Waals surface area contributed by atoms with E-state index in [1.807, 2.05) is 0 Å². The lowest BCUT2D eigenvalue weighted by Gasteiger charge is -2.35. The van der Waals surface area contributed by atoms with E-state index in [2.05, 4.69) is 29.2 Å². The predicted molar refractivity (Wildman–Crippen MR) is 86.8 cm³/mol. The van der Waals surface area contributed by atoms with E-state index in [1.165, 1.54) is 37.7 Å². The minimum Gasteiger partial charge on any atom is -0.493 e. The number of benzene rings is 1. The highest BCUT2D eigenvalue weighted by atomic mass is 16.5. The van der Waals surface area contributed by atoms with Crippen molar-refractivity contribution in [2.75, 3.05) is 26.2 Å². The van der Waals surface area contributed by atoms with Crippen molar-refractivity contribution in [3.8, 4) is 5.75 Å². The van der Waals surface area contributed by atoms with Crippen LogP contribution in [0.1, 0.15) is 50.0 Å². The molecule has 1 heterocycles. The van der Waals surface area contributed by atoms with Gasteiger partial charge >= 0.3 is 0 Å². The summed E-state index contributed by atoms with van der Waals surface area (Å²) in [6, 6.07) is 9.28. The molecule has 2 N–H and O–H groups in total. The van der Waals surface area contributed by atoms with Crippen molar-refractivity contribution in [1.82, 2.24) is 4.90 Å². The van der Waals surface area contributed by atoms with Crippen LogP contribution in [0.3, 0.4) is 0 Å². The van der Waals surface area contributed by atoms with Gasteiger partial charge in [0.15, 0.2) is 0 Å². The maximum atomic E-state index is 5.85. The second-order valence-corrected chi connectivity index (χ2v) is 6.47. The maximum Gasteiger partial charge on any atom is 0.122 e. The van der Waals surface area contributed by atoms with Crippen LogP contribution in [0.2, 0.25) is 0 Å². The predicted octanol–water partition coefficient (Wildman–Crippen LogP) is 3.15. The van der Waals surface area contributed by atoms with E-state index >= 15 is 0 Å². The minimum absolute atomic E-state index is 0.529. The highest BCUT2D eigenvalue weighted by Gasteiger charge is 2.29. The lowest BCUT2D eigenvalue weighted by atomic mass is 9.92. The molecule has 3 heteroatoms. The van der Waals surface area contributed by atoms with E-state index in [9.17, 15) is 0 Å². The first kappa shape index (κ1) is 14.9. The summed E-state index contributed by atoms with van der Waals surface area (Å²) in [6.07, 6.45) is 8.02. The Morgan fingerprint density at radius 1 is 1.14 bits per heavy atom. The molecule has 0 aromatic heterocycles. The number of nitrogens with two attached hydrogens (primary N) is 1. The molecule has 0 saturated heterocycles. The molecule has 116 valence electrons. The van der Waals surface area contributed by atoms with Crippen LogP contribution in [-0.4, -0.2) is 37.2 Å². The van der Waals surface area contributed by atoms with Gasteiger partial charge in [-0.05, 0) is 38.4 Å². The maximum absolute atomic E-state index is 5.85. The van der Waals surface area contributed by atoms with E-state index in [-0.39, 0.29) is 0 Å². The zero-order chi connectivity index (χ0) is 14.5. The van der Waals surface area contributed by atoms with Gasteiger partial charge in [0.05, 0.1) is 6.61 Å². The molecule has 21 heavy (non-hydrogen) atoms. The summed E-state index contributed by atoms with van der Waals surface area (Å²) in [6.45, 7) is 3.90. The van der Waals surface area contributed by atoms with Crippen molar-refractivity contribution < 1.29 is 4.74 Å². The average molecular weight is 288 g/mol. The summed E-state index contributed by atoms with van der Waals surface area (Å²) < 4.78 is 5.85. The van der Waals surface area contributed by atoms with Crippen LogP contribution < -0.4 is 10.5 Å². The van der Waals surface area contributed by atoms with Gasteiger partial charge in [0.25, 0.3) is 0 Å². The van der Waals surface area contributed by atoms with Crippen molar-refractivity contribution >= 4 is 0 Å². The quantitative estimate of drug-likeness (QED) is 0.874. The van der Waals surface area contributed by atoms with Gasteiger partial charge in [0, 0.05) is 24.1 Å². The molecule has 1 aliphatic carbocycles. The summed E-state index contributed by atoms with van der Waals surface area (Å²) in [7, 11) is 0. The topological polar surface area (TPSA) is 38.5 Å². The first-order valence-corrected chi connectivity index (χ1v) is 8.54. The molecule has 1 fully saturated rings. The van der Waals surface area contributed by atoms with Crippen LogP contribution in [0.4, 0.5) is 0 Å². The Kier molecular flexibility index (Phi) is 5.15. The SMILES string of the molecule is NCCCN(CC1COc2ccccc21)C1CCCCC1. The Balaban J connectivity index is 1.66. The third kappa shape index (κ3) is 3.58. The van der Waals surface area contributed by atoms with E-state index in [0.717, 1.165) is 44.5 Å². The average Bonchev–Trinajstić information content (AvgIpc) is 2.95. The smallest absolute Gasteiger partial charge is 0.122 e. The van der Waals surface area contributed by atoms with Gasteiger partial charge in [-0.3, -0.25) is 4.90 Å². The summed E-state index contributed by atoms with van der Waals surface area (Å²) in [5.41, 5.74) is 7.13. The second-order valence-electron chi connectivity index (χ2n) is 6.47. The van der Waals surface area contributed by atoms with Crippen molar-refractivity contribution in [2.45, 2.75) is 50.5 Å². The fraction of sp³-hybridized carbons (Fsp3) is 0.667. The molecule has 0 amide bonds. The van der Waals surface area contributed by atoms with Crippen LogP contribution >= 0.6 is 0 Å². The third-order valence-electron chi connectivity index (χ3n) is 4.99. The monoisotopic (exact) mass is 288 g/mol. The molecule has 1 saturated carbocycles. The van der Waals surface area contributed by atoms with Crippen LogP contribution in [0.25, 0.3) is 0 Å². The lowest BCUT2D eigenvalue weighted by molar-refractivity contribution is 0.140. The Morgan fingerprint density at radius 3 is 2.76 bits per heavy atom. The minimum atomic E-state index is 0.529. The number of hydrogen-bond donors (Lipinski definition) is 1. The number of hydrogen-bond acceptors (Lipinski definition) is 3. The summed E-state index contributed by atoms with van der Waals surface area (Å²) >= 11 is 0. The molecule has 1 atom stereocenters. The highest BCUT2D eigenvalue weighted by Crippen LogP contribution is 2.35. The van der Waals surface area contributed by atoms with Crippen LogP contribution in [-0.2, 0) is 0 Å². The molecule has 1 aromatic rings. The van der Waals surface area contributed by atoms with Crippen molar-refractivity contribution in [3.05, 3.63) is 29.8 Å². The molecular formula is C18H28N2O. The number of para-hydroxylation sites is 1. The third-order valence-corrected chi connectivity index (χ3v) is 4.99. The largest absolute Gasteiger partial charge is 0.493 e.